The number of nitrogens with zero attached hydrogens (tertiary/aromatic N) is 3. The molecule has 5 nitrogen and oxygen atoms in total. The zero-order chi connectivity index (χ0) is 22.8. The molecule has 1 heterocycles. The molecule has 2 N–H and O–H groups in total. The van der Waals surface area contributed by atoms with Gasteiger partial charge in [0.25, 0.3) is 0 Å². The Labute approximate surface area is 193 Å². The second-order valence-corrected chi connectivity index (χ2v) is 8.29. The highest BCUT2D eigenvalue weighted by molar-refractivity contribution is 5.90. The number of hydrogen-bond donors (Lipinski definition) is 2. The van der Waals surface area contributed by atoms with Gasteiger partial charge in [-0.3, -0.25) is 0 Å². The average molecular weight is 436 g/mol. The molecule has 33 heavy (non-hydrogen) atoms. The summed E-state index contributed by atoms with van der Waals surface area (Å²) >= 11 is 0. The molecule has 4 aromatic rings. The van der Waals surface area contributed by atoms with Crippen LogP contribution in [0.3, 0.4) is 0 Å². The summed E-state index contributed by atoms with van der Waals surface area (Å²) in [4.78, 5) is 4.52. The van der Waals surface area contributed by atoms with Crippen LogP contribution in [0.2, 0.25) is 0 Å². The minimum atomic E-state index is -0.396. The third-order valence-electron chi connectivity index (χ3n) is 6.45. The van der Waals surface area contributed by atoms with E-state index in [0.717, 1.165) is 48.2 Å². The average Bonchev–Trinajstić information content (AvgIpc) is 2.88. The van der Waals surface area contributed by atoms with Crippen LogP contribution in [-0.4, -0.2) is 36.4 Å². The van der Waals surface area contributed by atoms with Crippen molar-refractivity contribution in [3.05, 3.63) is 90.0 Å². The van der Waals surface area contributed by atoms with Gasteiger partial charge in [-0.1, -0.05) is 54.6 Å². The molecule has 0 bridgehead atoms. The first kappa shape index (κ1) is 20.9. The van der Waals surface area contributed by atoms with Crippen molar-refractivity contribution in [3.8, 4) is 22.9 Å². The van der Waals surface area contributed by atoms with E-state index >= 15 is 0 Å². The van der Waals surface area contributed by atoms with Gasteiger partial charge >= 0.3 is 0 Å². The number of aromatic hydroxyl groups is 1. The Bertz CT molecular complexity index is 1340. The first-order valence-corrected chi connectivity index (χ1v) is 11.1. The predicted octanol–water partition coefficient (Wildman–Crippen LogP) is 4.90. The summed E-state index contributed by atoms with van der Waals surface area (Å²) in [6, 6.07) is 28.6. The summed E-state index contributed by atoms with van der Waals surface area (Å²) < 4.78 is 0. The van der Waals surface area contributed by atoms with Gasteiger partial charge in [0.05, 0.1) is 17.9 Å². The number of para-hydroxylation sites is 1. The van der Waals surface area contributed by atoms with Crippen molar-refractivity contribution in [2.24, 2.45) is 0 Å². The van der Waals surface area contributed by atoms with Gasteiger partial charge < -0.3 is 20.0 Å². The molecule has 4 aromatic carbocycles. The largest absolute Gasteiger partial charge is 0.507 e. The van der Waals surface area contributed by atoms with E-state index in [1.165, 1.54) is 5.69 Å². The van der Waals surface area contributed by atoms with E-state index in [9.17, 15) is 15.5 Å². The number of anilines is 2. The summed E-state index contributed by atoms with van der Waals surface area (Å²) in [5.41, 5.74) is 4.06. The molecule has 1 aliphatic heterocycles. The molecule has 0 spiro atoms. The van der Waals surface area contributed by atoms with E-state index in [4.69, 9.17) is 0 Å². The number of fused-ring (bicyclic) bond motifs is 1. The van der Waals surface area contributed by atoms with Crippen molar-refractivity contribution in [2.75, 3.05) is 36.0 Å². The molecule has 1 saturated heterocycles. The molecule has 1 aliphatic rings. The van der Waals surface area contributed by atoms with E-state index in [2.05, 4.69) is 34.1 Å². The van der Waals surface area contributed by atoms with Gasteiger partial charge in [-0.2, -0.15) is 5.26 Å². The maximum atomic E-state index is 11.0. The van der Waals surface area contributed by atoms with Crippen LogP contribution in [0.1, 0.15) is 11.1 Å². The maximum Gasteiger partial charge on any atom is 0.130 e. The summed E-state index contributed by atoms with van der Waals surface area (Å²) in [6.45, 7) is 2.75. The van der Waals surface area contributed by atoms with Crippen LogP contribution in [0.25, 0.3) is 21.9 Å². The van der Waals surface area contributed by atoms with Crippen molar-refractivity contribution in [1.82, 2.24) is 0 Å². The van der Waals surface area contributed by atoms with E-state index in [0.29, 0.717) is 11.1 Å². The zero-order valence-electron chi connectivity index (χ0n) is 18.3. The highest BCUT2D eigenvalue weighted by Gasteiger charge is 2.25. The minimum Gasteiger partial charge on any atom is -0.507 e. The van der Waals surface area contributed by atoms with Gasteiger partial charge in [-0.05, 0) is 40.6 Å². The molecule has 0 amide bonds. The quantitative estimate of drug-likeness (QED) is 0.477. The summed E-state index contributed by atoms with van der Waals surface area (Å²) in [6.07, 6.45) is 0. The molecule has 5 rings (SSSR count). The lowest BCUT2D eigenvalue weighted by Crippen LogP contribution is -2.46. The number of aliphatic hydroxyl groups excluding tert-OH is 1. The molecule has 164 valence electrons. The van der Waals surface area contributed by atoms with Crippen molar-refractivity contribution < 1.29 is 10.2 Å². The van der Waals surface area contributed by atoms with E-state index in [-0.39, 0.29) is 11.3 Å². The Balaban J connectivity index is 1.54. The van der Waals surface area contributed by atoms with Gasteiger partial charge in [0.2, 0.25) is 0 Å². The standard InChI is InChI=1S/C28H25N3O2/c29-18-25-26(19-32)28(33)24(22-11-10-20-6-4-5-7-21(20)16-22)17-27(25)31-14-12-30(13-15-31)23-8-2-1-3-9-23/h1-11,16-17,32-33H,12-15,19H2. The molecule has 5 heteroatoms. The lowest BCUT2D eigenvalue weighted by molar-refractivity contribution is 0.275. The minimum absolute atomic E-state index is 0.0315. The zero-order valence-corrected chi connectivity index (χ0v) is 18.3. The Morgan fingerprint density at radius 2 is 1.45 bits per heavy atom. The highest BCUT2D eigenvalue weighted by Crippen LogP contribution is 2.41. The number of piperazine rings is 1. The Morgan fingerprint density at radius 1 is 0.788 bits per heavy atom. The first-order chi connectivity index (χ1) is 16.2. The third-order valence-corrected chi connectivity index (χ3v) is 6.45. The van der Waals surface area contributed by atoms with Crippen molar-refractivity contribution in [3.63, 3.8) is 0 Å². The normalized spacial score (nSPS) is 13.8. The lowest BCUT2D eigenvalue weighted by atomic mass is 9.94. The van der Waals surface area contributed by atoms with E-state index in [1.54, 1.807) is 0 Å². The molecule has 0 atom stereocenters. The van der Waals surface area contributed by atoms with Gasteiger partial charge in [0.1, 0.15) is 11.8 Å². The van der Waals surface area contributed by atoms with E-state index < -0.39 is 6.61 Å². The molecule has 0 saturated carbocycles. The molecular formula is C28H25N3O2. The molecule has 1 fully saturated rings. The Morgan fingerprint density at radius 3 is 2.15 bits per heavy atom. The summed E-state index contributed by atoms with van der Waals surface area (Å²) in [7, 11) is 0. The lowest BCUT2D eigenvalue weighted by Gasteiger charge is -2.38. The second-order valence-electron chi connectivity index (χ2n) is 8.29. The van der Waals surface area contributed by atoms with Crippen LogP contribution in [0.15, 0.2) is 78.9 Å². The Kier molecular flexibility index (Phi) is 5.60. The second kappa shape index (κ2) is 8.85. The van der Waals surface area contributed by atoms with Crippen LogP contribution in [0.4, 0.5) is 11.4 Å². The molecule has 0 unspecified atom stereocenters. The fourth-order valence-corrected chi connectivity index (χ4v) is 4.66. The number of rotatable bonds is 4. The van der Waals surface area contributed by atoms with Crippen LogP contribution >= 0.6 is 0 Å². The van der Waals surface area contributed by atoms with Gasteiger partial charge in [0, 0.05) is 43.0 Å². The van der Waals surface area contributed by atoms with Gasteiger partial charge in [0.15, 0.2) is 0 Å². The number of nitriles is 1. The van der Waals surface area contributed by atoms with Crippen LogP contribution in [0.5, 0.6) is 5.75 Å². The van der Waals surface area contributed by atoms with Crippen LogP contribution in [-0.2, 0) is 6.61 Å². The number of phenols is 1. The number of hydrogen-bond acceptors (Lipinski definition) is 5. The monoisotopic (exact) mass is 435 g/mol. The highest BCUT2D eigenvalue weighted by atomic mass is 16.3. The topological polar surface area (TPSA) is 70.7 Å². The van der Waals surface area contributed by atoms with Gasteiger partial charge in [-0.15, -0.1) is 0 Å². The summed E-state index contributed by atoms with van der Waals surface area (Å²) in [5, 5.41) is 33.2. The fourth-order valence-electron chi connectivity index (χ4n) is 4.66. The summed E-state index contributed by atoms with van der Waals surface area (Å²) in [5.74, 6) is -0.0315. The van der Waals surface area contributed by atoms with E-state index in [1.807, 2.05) is 60.7 Å². The number of aliphatic hydroxyl groups is 1. The van der Waals surface area contributed by atoms with Crippen molar-refractivity contribution in [2.45, 2.75) is 6.61 Å². The maximum absolute atomic E-state index is 11.0. The molecular weight excluding hydrogens is 410 g/mol. The SMILES string of the molecule is N#Cc1c(N2CCN(c3ccccc3)CC2)cc(-c2ccc3ccccc3c2)c(O)c1CO. The predicted molar refractivity (Wildman–Crippen MR) is 133 cm³/mol. The number of benzene rings is 4. The van der Waals surface area contributed by atoms with Gasteiger partial charge in [-0.25, -0.2) is 0 Å². The smallest absolute Gasteiger partial charge is 0.130 e. The molecule has 0 aliphatic carbocycles. The first-order valence-electron chi connectivity index (χ1n) is 11.1. The Hall–Kier alpha value is -4.01. The molecule has 0 radical (unpaired) electrons. The van der Waals surface area contributed by atoms with Crippen molar-refractivity contribution >= 4 is 22.1 Å². The van der Waals surface area contributed by atoms with Crippen LogP contribution < -0.4 is 9.80 Å². The van der Waals surface area contributed by atoms with Crippen molar-refractivity contribution in [1.29, 1.82) is 5.26 Å². The fraction of sp³-hybridized carbons (Fsp3) is 0.179. The third kappa shape index (κ3) is 3.86. The molecule has 0 aromatic heterocycles. The van der Waals surface area contributed by atoms with Crippen LogP contribution in [0, 0.1) is 11.3 Å².